The number of benzene rings is 2. The van der Waals surface area contributed by atoms with E-state index in [0.717, 1.165) is 41.5 Å². The van der Waals surface area contributed by atoms with Crippen LogP contribution in [0.15, 0.2) is 60.7 Å². The molecule has 0 spiro atoms. The number of anilines is 3. The maximum atomic E-state index is 5.70. The van der Waals surface area contributed by atoms with Crippen LogP contribution in [0.25, 0.3) is 11.3 Å². The Labute approximate surface area is 172 Å². The zero-order chi connectivity index (χ0) is 20.5. The van der Waals surface area contributed by atoms with Gasteiger partial charge in [-0.25, -0.2) is 4.98 Å². The van der Waals surface area contributed by atoms with Gasteiger partial charge < -0.3 is 20.1 Å². The average molecular weight is 393 g/mol. The van der Waals surface area contributed by atoms with Crippen LogP contribution in [0.3, 0.4) is 0 Å². The maximum Gasteiger partial charge on any atom is 0.229 e. The Hall–Kier alpha value is -3.12. The molecule has 0 saturated carbocycles. The molecule has 6 heteroatoms. The fourth-order valence-corrected chi connectivity index (χ4v) is 2.80. The number of ether oxygens (including phenoxy) is 2. The van der Waals surface area contributed by atoms with Crippen LogP contribution < -0.4 is 15.4 Å². The van der Waals surface area contributed by atoms with E-state index in [1.54, 1.807) is 7.11 Å². The summed E-state index contributed by atoms with van der Waals surface area (Å²) in [5.41, 5.74) is 2.80. The highest BCUT2D eigenvalue weighted by molar-refractivity contribution is 5.66. The topological polar surface area (TPSA) is 68.3 Å². The Balaban J connectivity index is 1.80. The van der Waals surface area contributed by atoms with Crippen LogP contribution in [0.5, 0.6) is 5.75 Å². The lowest BCUT2D eigenvalue weighted by Gasteiger charge is -2.13. The molecule has 2 N–H and O–H groups in total. The van der Waals surface area contributed by atoms with E-state index < -0.39 is 0 Å². The summed E-state index contributed by atoms with van der Waals surface area (Å²) in [7, 11) is 1.71. The van der Waals surface area contributed by atoms with Crippen molar-refractivity contribution in [3.63, 3.8) is 0 Å². The molecule has 0 aliphatic carbocycles. The van der Waals surface area contributed by atoms with Crippen molar-refractivity contribution in [2.24, 2.45) is 0 Å². The SMILES string of the molecule is COCCCNc1cc(-c2ccccc2)nc(Nc2ccc(OC(C)C)cc2)n1. The van der Waals surface area contributed by atoms with Gasteiger partial charge in [-0.1, -0.05) is 30.3 Å². The average Bonchev–Trinajstić information content (AvgIpc) is 2.73. The van der Waals surface area contributed by atoms with Gasteiger partial charge in [-0.2, -0.15) is 4.98 Å². The fourth-order valence-electron chi connectivity index (χ4n) is 2.80. The van der Waals surface area contributed by atoms with Crippen LogP contribution in [0.2, 0.25) is 0 Å². The van der Waals surface area contributed by atoms with Gasteiger partial charge >= 0.3 is 0 Å². The van der Waals surface area contributed by atoms with Crippen LogP contribution in [0.1, 0.15) is 20.3 Å². The molecule has 3 aromatic rings. The molecule has 6 nitrogen and oxygen atoms in total. The number of hydrogen-bond acceptors (Lipinski definition) is 6. The standard InChI is InChI=1S/C23H28N4O2/c1-17(2)29-20-12-10-19(11-13-20)25-23-26-21(18-8-5-4-6-9-18)16-22(27-23)24-14-7-15-28-3/h4-6,8-13,16-17H,7,14-15H2,1-3H3,(H2,24,25,26,27). The first-order valence-electron chi connectivity index (χ1n) is 9.85. The fraction of sp³-hybridized carbons (Fsp3) is 0.304. The Morgan fingerprint density at radius 1 is 0.966 bits per heavy atom. The Kier molecular flexibility index (Phi) is 7.41. The van der Waals surface area contributed by atoms with E-state index in [1.165, 1.54) is 0 Å². The van der Waals surface area contributed by atoms with E-state index in [1.807, 2.05) is 74.5 Å². The monoisotopic (exact) mass is 392 g/mol. The predicted octanol–water partition coefficient (Wildman–Crippen LogP) is 5.12. The van der Waals surface area contributed by atoms with Gasteiger partial charge in [-0.3, -0.25) is 0 Å². The third kappa shape index (κ3) is 6.47. The largest absolute Gasteiger partial charge is 0.491 e. The smallest absolute Gasteiger partial charge is 0.229 e. The quantitative estimate of drug-likeness (QED) is 0.467. The van der Waals surface area contributed by atoms with Crippen molar-refractivity contribution in [3.8, 4) is 17.0 Å². The number of aromatic nitrogens is 2. The lowest BCUT2D eigenvalue weighted by atomic mass is 10.1. The second-order valence-corrected chi connectivity index (χ2v) is 6.92. The molecule has 1 heterocycles. The molecule has 29 heavy (non-hydrogen) atoms. The van der Waals surface area contributed by atoms with E-state index >= 15 is 0 Å². The van der Waals surface area contributed by atoms with Gasteiger partial charge in [-0.05, 0) is 44.5 Å². The number of nitrogens with one attached hydrogen (secondary N) is 2. The van der Waals surface area contributed by atoms with Crippen LogP contribution >= 0.6 is 0 Å². The number of hydrogen-bond donors (Lipinski definition) is 2. The second kappa shape index (κ2) is 10.4. The summed E-state index contributed by atoms with van der Waals surface area (Å²) in [5.74, 6) is 2.15. The lowest BCUT2D eigenvalue weighted by molar-refractivity contribution is 0.198. The summed E-state index contributed by atoms with van der Waals surface area (Å²) in [6.45, 7) is 5.51. The molecule has 0 bridgehead atoms. The Bertz CT molecular complexity index is 883. The highest BCUT2D eigenvalue weighted by Gasteiger charge is 2.08. The van der Waals surface area contributed by atoms with Crippen LogP contribution in [0, 0.1) is 0 Å². The molecule has 0 saturated heterocycles. The number of nitrogens with zero attached hydrogens (tertiary/aromatic N) is 2. The van der Waals surface area contributed by atoms with Crippen LogP contribution in [0.4, 0.5) is 17.5 Å². The summed E-state index contributed by atoms with van der Waals surface area (Å²) in [5, 5.41) is 6.65. The normalized spacial score (nSPS) is 10.8. The van der Waals surface area contributed by atoms with Crippen molar-refractivity contribution in [2.45, 2.75) is 26.4 Å². The first-order valence-corrected chi connectivity index (χ1v) is 9.85. The van der Waals surface area contributed by atoms with Crippen molar-refractivity contribution in [3.05, 3.63) is 60.7 Å². The minimum absolute atomic E-state index is 0.145. The molecule has 0 unspecified atom stereocenters. The molecular formula is C23H28N4O2. The van der Waals surface area contributed by atoms with Gasteiger partial charge in [0.2, 0.25) is 5.95 Å². The third-order valence-electron chi connectivity index (χ3n) is 4.11. The molecule has 0 fully saturated rings. The molecular weight excluding hydrogens is 364 g/mol. The maximum absolute atomic E-state index is 5.70. The predicted molar refractivity (Wildman–Crippen MR) is 118 cm³/mol. The lowest BCUT2D eigenvalue weighted by Crippen LogP contribution is -2.08. The van der Waals surface area contributed by atoms with Gasteiger partial charge in [0.1, 0.15) is 11.6 Å². The summed E-state index contributed by atoms with van der Waals surface area (Å²) >= 11 is 0. The zero-order valence-electron chi connectivity index (χ0n) is 17.2. The van der Waals surface area contributed by atoms with E-state index in [9.17, 15) is 0 Å². The molecule has 0 amide bonds. The number of methoxy groups -OCH3 is 1. The van der Waals surface area contributed by atoms with Crippen LogP contribution in [-0.2, 0) is 4.74 Å². The second-order valence-electron chi connectivity index (χ2n) is 6.92. The molecule has 3 rings (SSSR count). The third-order valence-corrected chi connectivity index (χ3v) is 4.11. The van der Waals surface area contributed by atoms with E-state index in [-0.39, 0.29) is 6.10 Å². The summed E-state index contributed by atoms with van der Waals surface area (Å²) in [6, 6.07) is 19.8. The highest BCUT2D eigenvalue weighted by Crippen LogP contribution is 2.24. The van der Waals surface area contributed by atoms with Gasteiger partial charge in [0, 0.05) is 37.6 Å². The first-order chi connectivity index (χ1) is 14.1. The van der Waals surface area contributed by atoms with E-state index in [0.29, 0.717) is 12.6 Å². The molecule has 0 aliphatic rings. The Morgan fingerprint density at radius 3 is 2.41 bits per heavy atom. The summed E-state index contributed by atoms with van der Waals surface area (Å²) in [4.78, 5) is 9.31. The molecule has 0 atom stereocenters. The van der Waals surface area contributed by atoms with Gasteiger partial charge in [0.25, 0.3) is 0 Å². The summed E-state index contributed by atoms with van der Waals surface area (Å²) < 4.78 is 10.8. The van der Waals surface area contributed by atoms with Crippen molar-refractivity contribution in [2.75, 3.05) is 30.9 Å². The van der Waals surface area contributed by atoms with Gasteiger partial charge in [0.05, 0.1) is 11.8 Å². The zero-order valence-corrected chi connectivity index (χ0v) is 17.2. The number of rotatable bonds is 10. The minimum Gasteiger partial charge on any atom is -0.491 e. The van der Waals surface area contributed by atoms with Crippen molar-refractivity contribution >= 4 is 17.5 Å². The molecule has 152 valence electrons. The van der Waals surface area contributed by atoms with Crippen LogP contribution in [-0.4, -0.2) is 36.3 Å². The van der Waals surface area contributed by atoms with Crippen molar-refractivity contribution in [1.82, 2.24) is 9.97 Å². The van der Waals surface area contributed by atoms with Gasteiger partial charge in [0.15, 0.2) is 0 Å². The summed E-state index contributed by atoms with van der Waals surface area (Å²) in [6.07, 6.45) is 1.05. The molecule has 2 aromatic carbocycles. The van der Waals surface area contributed by atoms with Crippen molar-refractivity contribution in [1.29, 1.82) is 0 Å². The molecule has 1 aromatic heterocycles. The Morgan fingerprint density at radius 2 is 1.72 bits per heavy atom. The minimum atomic E-state index is 0.145. The highest BCUT2D eigenvalue weighted by atomic mass is 16.5. The van der Waals surface area contributed by atoms with E-state index in [2.05, 4.69) is 15.6 Å². The van der Waals surface area contributed by atoms with E-state index in [4.69, 9.17) is 14.5 Å². The molecule has 0 aliphatic heterocycles. The molecule has 0 radical (unpaired) electrons. The van der Waals surface area contributed by atoms with Crippen molar-refractivity contribution < 1.29 is 9.47 Å². The van der Waals surface area contributed by atoms with Gasteiger partial charge in [-0.15, -0.1) is 0 Å². The first kappa shape index (κ1) is 20.6.